The second kappa shape index (κ2) is 14.1. The van der Waals surface area contributed by atoms with E-state index in [0.717, 1.165) is 11.1 Å². The van der Waals surface area contributed by atoms with Gasteiger partial charge in [0.15, 0.2) is 0 Å². The number of carbonyl (C=O) groups is 2. The van der Waals surface area contributed by atoms with Gasteiger partial charge in [-0.3, -0.25) is 9.59 Å². The van der Waals surface area contributed by atoms with E-state index in [1.165, 1.54) is 0 Å². The lowest BCUT2D eigenvalue weighted by Gasteiger charge is -2.30. The van der Waals surface area contributed by atoms with Crippen LogP contribution in [0.3, 0.4) is 0 Å². The van der Waals surface area contributed by atoms with Crippen LogP contribution in [-0.2, 0) is 22.5 Å². The lowest BCUT2D eigenvalue weighted by atomic mass is 9.95. The largest absolute Gasteiger partial charge is 0.399 e. The first kappa shape index (κ1) is 31.4. The summed E-state index contributed by atoms with van der Waals surface area (Å²) in [5.74, 6) is -0.394. The molecule has 9 heteroatoms. The summed E-state index contributed by atoms with van der Waals surface area (Å²) < 4.78 is 22.1. The molecule has 7 nitrogen and oxygen atoms in total. The van der Waals surface area contributed by atoms with Crippen LogP contribution in [0.25, 0.3) is 0 Å². The molecule has 0 aliphatic carbocycles. The Morgan fingerprint density at radius 1 is 1.00 bits per heavy atom. The maximum atomic E-state index is 15.7. The number of nitrogen functional groups attached to an aromatic ring is 1. The Morgan fingerprint density at radius 2 is 1.69 bits per heavy atom. The highest BCUT2D eigenvalue weighted by atomic mass is 28.4. The number of benzene rings is 3. The van der Waals surface area contributed by atoms with Crippen molar-refractivity contribution in [3.63, 3.8) is 0 Å². The first-order valence-corrected chi connectivity index (χ1v) is 17.5. The van der Waals surface area contributed by atoms with E-state index in [9.17, 15) is 14.7 Å². The highest BCUT2D eigenvalue weighted by Crippen LogP contribution is 2.47. The van der Waals surface area contributed by atoms with Gasteiger partial charge in [0, 0.05) is 35.6 Å². The fraction of sp³-hybridized carbons (Fsp3) is 0.394. The van der Waals surface area contributed by atoms with Crippen molar-refractivity contribution in [2.45, 2.75) is 63.6 Å². The average Bonchev–Trinajstić information content (AvgIpc) is 3.27. The number of ether oxygens (including phenoxy) is 1. The molecule has 1 fully saturated rings. The minimum Gasteiger partial charge on any atom is -0.399 e. The highest BCUT2D eigenvalue weighted by molar-refractivity contribution is 6.72. The van der Waals surface area contributed by atoms with Crippen molar-refractivity contribution in [3.8, 4) is 0 Å². The van der Waals surface area contributed by atoms with Crippen LogP contribution in [-0.4, -0.2) is 55.6 Å². The van der Waals surface area contributed by atoms with Gasteiger partial charge in [0.2, 0.25) is 14.3 Å². The third-order valence-electron chi connectivity index (χ3n) is 8.09. The smallest absolute Gasteiger partial charge is 0.255 e. The summed E-state index contributed by atoms with van der Waals surface area (Å²) in [6.07, 6.45) is 0.751. The van der Waals surface area contributed by atoms with E-state index in [1.54, 1.807) is 42.3 Å². The number of aliphatic hydroxyl groups is 1. The number of halogens is 1. The molecular weight excluding hydrogens is 549 g/mol. The molecule has 4 rings (SSSR count). The molecule has 0 radical (unpaired) electrons. The summed E-state index contributed by atoms with van der Waals surface area (Å²) in [6, 6.07) is 24.1. The molecule has 1 saturated heterocycles. The van der Waals surface area contributed by atoms with Crippen LogP contribution in [0.5, 0.6) is 0 Å². The number of aliphatic hydroxyl groups excluding tert-OH is 1. The van der Waals surface area contributed by atoms with Crippen molar-refractivity contribution in [1.29, 1.82) is 0 Å². The predicted molar refractivity (Wildman–Crippen MR) is 167 cm³/mol. The van der Waals surface area contributed by atoms with E-state index in [1.807, 2.05) is 61.5 Å². The molecule has 42 heavy (non-hydrogen) atoms. The zero-order valence-electron chi connectivity index (χ0n) is 24.6. The SMILES string of the molecule is C[C@H]1[C@H]([Si](C)(C)F)[C@@H](CC(=O)N(CCO)Cc2ccccc2)O[C@H]1CCc1cccc(NC(=O)c2ccc(N)cc2)c1. The maximum Gasteiger partial charge on any atom is 0.255 e. The second-order valence-corrected chi connectivity index (χ2v) is 15.5. The van der Waals surface area contributed by atoms with Gasteiger partial charge >= 0.3 is 0 Å². The van der Waals surface area contributed by atoms with Gasteiger partial charge < -0.3 is 29.9 Å². The fourth-order valence-corrected chi connectivity index (χ4v) is 8.59. The van der Waals surface area contributed by atoms with Crippen LogP contribution in [0.4, 0.5) is 15.5 Å². The Balaban J connectivity index is 1.40. The summed E-state index contributed by atoms with van der Waals surface area (Å²) in [5.41, 5.74) is 9.22. The normalized spacial score (nSPS) is 20.3. The van der Waals surface area contributed by atoms with Crippen LogP contribution in [0.2, 0.25) is 18.6 Å². The van der Waals surface area contributed by atoms with E-state index >= 15 is 4.11 Å². The van der Waals surface area contributed by atoms with Crippen LogP contribution in [0, 0.1) is 5.92 Å². The van der Waals surface area contributed by atoms with Crippen molar-refractivity contribution in [1.82, 2.24) is 4.90 Å². The minimum atomic E-state index is -3.16. The van der Waals surface area contributed by atoms with Gasteiger partial charge in [0.1, 0.15) is 0 Å². The van der Waals surface area contributed by atoms with Gasteiger partial charge in [0.05, 0.1) is 25.2 Å². The molecule has 224 valence electrons. The van der Waals surface area contributed by atoms with Gasteiger partial charge in [-0.05, 0) is 79.4 Å². The number of carbonyl (C=O) groups excluding carboxylic acids is 2. The predicted octanol–water partition coefficient (Wildman–Crippen LogP) is 5.81. The van der Waals surface area contributed by atoms with Crippen molar-refractivity contribution < 1.29 is 23.5 Å². The molecule has 0 aromatic heterocycles. The lowest BCUT2D eigenvalue weighted by molar-refractivity contribution is -0.135. The molecule has 1 aliphatic heterocycles. The number of hydrogen-bond donors (Lipinski definition) is 3. The van der Waals surface area contributed by atoms with E-state index in [0.29, 0.717) is 36.3 Å². The van der Waals surface area contributed by atoms with Gasteiger partial charge in [-0.1, -0.05) is 49.4 Å². The van der Waals surface area contributed by atoms with Crippen molar-refractivity contribution in [3.05, 3.63) is 95.6 Å². The molecule has 0 unspecified atom stereocenters. The zero-order valence-corrected chi connectivity index (χ0v) is 25.6. The molecule has 3 aromatic carbocycles. The molecule has 4 N–H and O–H groups in total. The number of anilines is 2. The Labute approximate surface area is 249 Å². The van der Waals surface area contributed by atoms with E-state index in [2.05, 4.69) is 5.32 Å². The number of rotatable bonds is 12. The molecule has 1 aliphatic rings. The number of nitrogens with two attached hydrogens (primary N) is 1. The van der Waals surface area contributed by atoms with Gasteiger partial charge in [-0.25, -0.2) is 0 Å². The number of nitrogens with zero attached hydrogens (tertiary/aromatic N) is 1. The molecule has 1 heterocycles. The van der Waals surface area contributed by atoms with Crippen LogP contribution < -0.4 is 11.1 Å². The first-order chi connectivity index (χ1) is 20.0. The second-order valence-electron chi connectivity index (χ2n) is 11.7. The quantitative estimate of drug-likeness (QED) is 0.140. The summed E-state index contributed by atoms with van der Waals surface area (Å²) in [5, 5.41) is 12.5. The Morgan fingerprint density at radius 3 is 2.36 bits per heavy atom. The summed E-state index contributed by atoms with van der Waals surface area (Å²) in [6.45, 7) is 5.88. The van der Waals surface area contributed by atoms with Gasteiger partial charge in [-0.15, -0.1) is 0 Å². The average molecular weight is 592 g/mol. The minimum absolute atomic E-state index is 0.0386. The van der Waals surface area contributed by atoms with Crippen molar-refractivity contribution >= 4 is 31.6 Å². The number of hydrogen-bond acceptors (Lipinski definition) is 5. The van der Waals surface area contributed by atoms with Crippen molar-refractivity contribution in [2.24, 2.45) is 5.92 Å². The zero-order chi connectivity index (χ0) is 30.3. The molecule has 2 amide bonds. The third-order valence-corrected chi connectivity index (χ3v) is 10.6. The Kier molecular flexibility index (Phi) is 10.5. The third kappa shape index (κ3) is 8.27. The Bertz CT molecular complexity index is 1330. The number of amides is 2. The Hall–Kier alpha value is -3.53. The van der Waals surface area contributed by atoms with Crippen LogP contribution >= 0.6 is 0 Å². The molecule has 0 spiro atoms. The summed E-state index contributed by atoms with van der Waals surface area (Å²) in [7, 11) is -3.16. The molecule has 0 saturated carbocycles. The molecule has 3 aromatic rings. The van der Waals surface area contributed by atoms with Crippen molar-refractivity contribution in [2.75, 3.05) is 24.2 Å². The van der Waals surface area contributed by atoms with E-state index in [4.69, 9.17) is 10.5 Å². The van der Waals surface area contributed by atoms with Crippen LogP contribution in [0.1, 0.15) is 41.3 Å². The van der Waals surface area contributed by atoms with Gasteiger partial charge in [-0.2, -0.15) is 0 Å². The summed E-state index contributed by atoms with van der Waals surface area (Å²) in [4.78, 5) is 27.7. The highest BCUT2D eigenvalue weighted by Gasteiger charge is 2.51. The summed E-state index contributed by atoms with van der Waals surface area (Å²) >= 11 is 0. The molecule has 0 bridgehead atoms. The first-order valence-electron chi connectivity index (χ1n) is 14.6. The fourth-order valence-electron chi connectivity index (χ4n) is 6.05. The maximum absolute atomic E-state index is 15.7. The van der Waals surface area contributed by atoms with Crippen LogP contribution in [0.15, 0.2) is 78.9 Å². The number of nitrogens with one attached hydrogen (secondary N) is 1. The molecular formula is C33H42FN3O4Si. The number of aryl methyl sites for hydroxylation is 1. The lowest BCUT2D eigenvalue weighted by Crippen LogP contribution is -2.40. The molecule has 4 atom stereocenters. The monoisotopic (exact) mass is 591 g/mol. The van der Waals surface area contributed by atoms with E-state index < -0.39 is 14.5 Å². The topological polar surface area (TPSA) is 105 Å². The van der Waals surface area contributed by atoms with E-state index in [-0.39, 0.29) is 48.9 Å². The standard InChI is InChI=1S/C33H42FN3O4Si/c1-23-29(17-12-24-10-7-11-28(20-24)36-33(40)26-13-15-27(35)16-14-26)41-30(32(23)42(2,3)34)21-31(39)37(18-19-38)22-25-8-5-4-6-9-25/h4-11,13-16,20,23,29-30,32,38H,12,17-19,21-22,35H2,1-3H3,(H,36,40)/t23-,29+,30-,32+/m1/s1. The van der Waals surface area contributed by atoms with Gasteiger partial charge in [0.25, 0.3) is 5.91 Å².